The van der Waals surface area contributed by atoms with Gasteiger partial charge in [0.25, 0.3) is 0 Å². The maximum absolute atomic E-state index is 7.48. The van der Waals surface area contributed by atoms with Gasteiger partial charge in [-0.2, -0.15) is 0 Å². The lowest BCUT2D eigenvalue weighted by molar-refractivity contribution is 0.613. The number of hydrogen-bond acceptors (Lipinski definition) is 2. The summed E-state index contributed by atoms with van der Waals surface area (Å²) in [5.41, 5.74) is 0.547. The van der Waals surface area contributed by atoms with Crippen molar-refractivity contribution in [1.29, 1.82) is 5.41 Å². The van der Waals surface area contributed by atoms with Crippen molar-refractivity contribution in [1.82, 2.24) is 0 Å². The van der Waals surface area contributed by atoms with E-state index in [0.717, 1.165) is 24.3 Å². The molecule has 0 bridgehead atoms. The standard InChI is InChI=1S/C8H10ClNS/c9-7-3-1-2-6(4-7)8(10)5-11/h3,5-6,10H,1-2,4H2. The first-order valence-corrected chi connectivity index (χ1v) is 4.47. The van der Waals surface area contributed by atoms with Crippen molar-refractivity contribution >= 4 is 34.9 Å². The summed E-state index contributed by atoms with van der Waals surface area (Å²) < 4.78 is 0. The molecular formula is C8H10ClNS. The van der Waals surface area contributed by atoms with E-state index < -0.39 is 0 Å². The van der Waals surface area contributed by atoms with Gasteiger partial charge in [0.1, 0.15) is 0 Å². The lowest BCUT2D eigenvalue weighted by atomic mass is 9.91. The molecule has 1 atom stereocenters. The molecule has 1 unspecified atom stereocenters. The maximum atomic E-state index is 7.48. The summed E-state index contributed by atoms with van der Waals surface area (Å²) in [4.78, 5) is 0. The van der Waals surface area contributed by atoms with E-state index in [1.807, 2.05) is 6.08 Å². The molecule has 0 radical (unpaired) electrons. The minimum absolute atomic E-state index is 0.269. The van der Waals surface area contributed by atoms with E-state index in [0.29, 0.717) is 5.71 Å². The average Bonchev–Trinajstić information content (AvgIpc) is 2.03. The average molecular weight is 188 g/mol. The number of halogens is 1. The van der Waals surface area contributed by atoms with Gasteiger partial charge in [0.2, 0.25) is 0 Å². The summed E-state index contributed by atoms with van der Waals surface area (Å²) in [6.45, 7) is 0. The highest BCUT2D eigenvalue weighted by Gasteiger charge is 2.16. The molecule has 60 valence electrons. The van der Waals surface area contributed by atoms with Crippen LogP contribution >= 0.6 is 23.8 Å². The van der Waals surface area contributed by atoms with E-state index in [1.54, 1.807) is 0 Å². The number of hydrogen-bond donors (Lipinski definition) is 1. The third-order valence-corrected chi connectivity index (χ3v) is 2.45. The fraction of sp³-hybridized carbons (Fsp3) is 0.500. The fourth-order valence-corrected chi connectivity index (χ4v) is 1.71. The van der Waals surface area contributed by atoms with Crippen LogP contribution in [0.1, 0.15) is 19.3 Å². The van der Waals surface area contributed by atoms with Crippen molar-refractivity contribution in [2.75, 3.05) is 0 Å². The summed E-state index contributed by atoms with van der Waals surface area (Å²) in [6, 6.07) is 0. The molecule has 0 fully saturated rings. The molecule has 0 aromatic rings. The van der Waals surface area contributed by atoms with Crippen LogP contribution in [0.15, 0.2) is 11.1 Å². The van der Waals surface area contributed by atoms with E-state index in [4.69, 9.17) is 17.0 Å². The number of nitrogens with one attached hydrogen (secondary N) is 1. The van der Waals surface area contributed by atoms with Gasteiger partial charge in [-0.05, 0) is 19.3 Å². The molecule has 0 aromatic heterocycles. The van der Waals surface area contributed by atoms with Gasteiger partial charge in [0.05, 0.1) is 0 Å². The van der Waals surface area contributed by atoms with Crippen LogP contribution in [0.3, 0.4) is 0 Å². The predicted octanol–water partition coefficient (Wildman–Crippen LogP) is 2.93. The van der Waals surface area contributed by atoms with Gasteiger partial charge in [0, 0.05) is 22.0 Å². The smallest absolute Gasteiger partial charge is 0.0455 e. The van der Waals surface area contributed by atoms with Gasteiger partial charge in [0.15, 0.2) is 0 Å². The Kier molecular flexibility index (Phi) is 3.21. The van der Waals surface area contributed by atoms with Gasteiger partial charge in [-0.15, -0.1) is 0 Å². The molecule has 0 amide bonds. The maximum Gasteiger partial charge on any atom is 0.0455 e. The first-order valence-electron chi connectivity index (χ1n) is 3.62. The summed E-state index contributed by atoms with van der Waals surface area (Å²) in [7, 11) is 0. The Balaban J connectivity index is 2.57. The van der Waals surface area contributed by atoms with E-state index >= 15 is 0 Å². The first kappa shape index (κ1) is 8.88. The van der Waals surface area contributed by atoms with Crippen LogP contribution in [0.25, 0.3) is 0 Å². The Labute approximate surface area is 76.9 Å². The van der Waals surface area contributed by atoms with Crippen LogP contribution in [0, 0.1) is 11.3 Å². The van der Waals surface area contributed by atoms with Crippen molar-refractivity contribution in [2.24, 2.45) is 5.92 Å². The Morgan fingerprint density at radius 2 is 2.55 bits per heavy atom. The molecule has 0 aromatic carbocycles. The number of thiocarbonyl (C=S) groups is 1. The van der Waals surface area contributed by atoms with Crippen molar-refractivity contribution in [2.45, 2.75) is 19.3 Å². The Morgan fingerprint density at radius 3 is 3.09 bits per heavy atom. The van der Waals surface area contributed by atoms with Crippen molar-refractivity contribution in [3.63, 3.8) is 0 Å². The molecule has 3 heteroatoms. The molecule has 0 heterocycles. The topological polar surface area (TPSA) is 23.9 Å². The summed E-state index contributed by atoms with van der Waals surface area (Å²) in [5, 5.41) is 9.80. The Hall–Kier alpha value is -0.210. The van der Waals surface area contributed by atoms with Crippen molar-refractivity contribution in [3.05, 3.63) is 11.1 Å². The van der Waals surface area contributed by atoms with Crippen LogP contribution in [0.2, 0.25) is 0 Å². The van der Waals surface area contributed by atoms with Crippen LogP contribution in [-0.4, -0.2) is 11.1 Å². The molecule has 11 heavy (non-hydrogen) atoms. The fourth-order valence-electron chi connectivity index (χ4n) is 1.22. The largest absolute Gasteiger partial charge is 0.304 e. The third-order valence-electron chi connectivity index (χ3n) is 1.89. The highest BCUT2D eigenvalue weighted by molar-refractivity contribution is 7.80. The van der Waals surface area contributed by atoms with Crippen LogP contribution in [-0.2, 0) is 0 Å². The Bertz CT molecular complexity index is 210. The second-order valence-electron chi connectivity index (χ2n) is 2.70. The SMILES string of the molecule is N=C(C=S)C1CCC=C(Cl)C1. The molecular weight excluding hydrogens is 178 g/mol. The molecule has 1 rings (SSSR count). The van der Waals surface area contributed by atoms with Gasteiger partial charge < -0.3 is 5.41 Å². The van der Waals surface area contributed by atoms with Crippen molar-refractivity contribution < 1.29 is 0 Å². The van der Waals surface area contributed by atoms with E-state index in [-0.39, 0.29) is 5.92 Å². The highest BCUT2D eigenvalue weighted by Crippen LogP contribution is 2.26. The summed E-state index contributed by atoms with van der Waals surface area (Å²) in [5.74, 6) is 0.269. The van der Waals surface area contributed by atoms with Crippen LogP contribution < -0.4 is 0 Å². The molecule has 1 nitrogen and oxygen atoms in total. The van der Waals surface area contributed by atoms with E-state index in [2.05, 4.69) is 12.2 Å². The monoisotopic (exact) mass is 187 g/mol. The zero-order valence-corrected chi connectivity index (χ0v) is 7.71. The summed E-state index contributed by atoms with van der Waals surface area (Å²) >= 11 is 10.5. The molecule has 0 saturated heterocycles. The molecule has 1 N–H and O–H groups in total. The van der Waals surface area contributed by atoms with E-state index in [1.165, 1.54) is 5.37 Å². The zero-order chi connectivity index (χ0) is 8.27. The van der Waals surface area contributed by atoms with Gasteiger partial charge in [-0.3, -0.25) is 0 Å². The molecule has 1 aliphatic rings. The first-order chi connectivity index (χ1) is 5.24. The highest BCUT2D eigenvalue weighted by atomic mass is 35.5. The third kappa shape index (κ3) is 2.38. The predicted molar refractivity (Wildman–Crippen MR) is 52.7 cm³/mol. The van der Waals surface area contributed by atoms with Gasteiger partial charge in [-0.1, -0.05) is 29.9 Å². The van der Waals surface area contributed by atoms with Crippen LogP contribution in [0.5, 0.6) is 0 Å². The molecule has 1 aliphatic carbocycles. The molecule has 0 aliphatic heterocycles. The van der Waals surface area contributed by atoms with E-state index in [9.17, 15) is 0 Å². The lowest BCUT2D eigenvalue weighted by Gasteiger charge is -2.18. The molecule has 0 spiro atoms. The second kappa shape index (κ2) is 3.98. The Morgan fingerprint density at radius 1 is 1.82 bits per heavy atom. The lowest BCUT2D eigenvalue weighted by Crippen LogP contribution is -2.16. The quantitative estimate of drug-likeness (QED) is 0.522. The number of rotatable bonds is 2. The normalized spacial score (nSPS) is 24.1. The minimum Gasteiger partial charge on any atom is -0.304 e. The number of allylic oxidation sites excluding steroid dienone is 2. The molecule has 0 saturated carbocycles. The van der Waals surface area contributed by atoms with Gasteiger partial charge in [-0.25, -0.2) is 0 Å². The zero-order valence-electron chi connectivity index (χ0n) is 6.14. The van der Waals surface area contributed by atoms with Gasteiger partial charge >= 0.3 is 0 Å². The van der Waals surface area contributed by atoms with Crippen LogP contribution in [0.4, 0.5) is 0 Å². The second-order valence-corrected chi connectivity index (χ2v) is 3.42. The van der Waals surface area contributed by atoms with Crippen molar-refractivity contribution in [3.8, 4) is 0 Å². The minimum atomic E-state index is 0.269. The summed E-state index contributed by atoms with van der Waals surface area (Å²) in [6.07, 6.45) is 4.82.